The number of hydrogen-bond acceptors (Lipinski definition) is 9. The SMILES string of the molecule is CC(O)C(NC(=O)C(N)CCCCN)C(=O)NC(CCC(=O)O)C(=O)NC(Cc1ccc(O)cc1)C(=O)O. The summed E-state index contributed by atoms with van der Waals surface area (Å²) in [5, 5.41) is 45.0. The molecule has 14 heteroatoms. The molecule has 14 nitrogen and oxygen atoms in total. The molecule has 38 heavy (non-hydrogen) atoms. The van der Waals surface area contributed by atoms with E-state index in [2.05, 4.69) is 16.0 Å². The molecule has 212 valence electrons. The monoisotopic (exact) mass is 539 g/mol. The molecule has 0 saturated heterocycles. The summed E-state index contributed by atoms with van der Waals surface area (Å²) >= 11 is 0. The molecule has 0 aliphatic heterocycles. The minimum absolute atomic E-state index is 0.0302. The molecule has 0 bridgehead atoms. The zero-order valence-corrected chi connectivity index (χ0v) is 21.1. The molecule has 5 unspecified atom stereocenters. The summed E-state index contributed by atoms with van der Waals surface area (Å²) in [5.74, 6) is -5.35. The second-order valence-electron chi connectivity index (χ2n) is 8.88. The van der Waals surface area contributed by atoms with Gasteiger partial charge in [-0.15, -0.1) is 0 Å². The summed E-state index contributed by atoms with van der Waals surface area (Å²) in [5.41, 5.74) is 11.7. The third-order valence-electron chi connectivity index (χ3n) is 5.64. The smallest absolute Gasteiger partial charge is 0.326 e. The van der Waals surface area contributed by atoms with Crippen molar-refractivity contribution in [3.8, 4) is 5.75 Å². The van der Waals surface area contributed by atoms with E-state index in [1.54, 1.807) is 0 Å². The van der Waals surface area contributed by atoms with Crippen molar-refractivity contribution in [3.63, 3.8) is 0 Å². The zero-order chi connectivity index (χ0) is 28.8. The summed E-state index contributed by atoms with van der Waals surface area (Å²) in [6.07, 6.45) is -0.981. The summed E-state index contributed by atoms with van der Waals surface area (Å²) in [6, 6.07) is 0.219. The quantitative estimate of drug-likeness (QED) is 0.0995. The molecule has 0 fully saturated rings. The van der Waals surface area contributed by atoms with Gasteiger partial charge >= 0.3 is 11.9 Å². The molecule has 0 heterocycles. The van der Waals surface area contributed by atoms with E-state index in [9.17, 15) is 39.3 Å². The predicted octanol–water partition coefficient (Wildman–Crippen LogP) is -1.82. The van der Waals surface area contributed by atoms with E-state index in [4.69, 9.17) is 16.6 Å². The molecule has 1 rings (SSSR count). The Bertz CT molecular complexity index is 955. The average molecular weight is 540 g/mol. The van der Waals surface area contributed by atoms with Crippen LogP contribution in [0.1, 0.15) is 44.6 Å². The lowest BCUT2D eigenvalue weighted by Gasteiger charge is -2.26. The van der Waals surface area contributed by atoms with E-state index in [1.165, 1.54) is 31.2 Å². The first-order valence-corrected chi connectivity index (χ1v) is 12.1. The standard InChI is InChI=1S/C24H37N5O9/c1-13(30)20(29-21(34)16(26)4-2-3-11-25)23(36)27-17(9-10-19(32)33)22(35)28-18(24(37)38)12-14-5-7-15(31)8-6-14/h5-8,13,16-18,20,30-31H,2-4,9-12,25-26H2,1H3,(H,27,36)(H,28,35)(H,29,34)(H,32,33)(H,37,38). The number of aliphatic hydroxyl groups is 1. The highest BCUT2D eigenvalue weighted by atomic mass is 16.4. The maximum Gasteiger partial charge on any atom is 0.326 e. The Labute approximate surface area is 219 Å². The molecule has 0 aromatic heterocycles. The van der Waals surface area contributed by atoms with Crippen molar-refractivity contribution < 1.29 is 44.4 Å². The highest BCUT2D eigenvalue weighted by Gasteiger charge is 2.32. The van der Waals surface area contributed by atoms with E-state index in [-0.39, 0.29) is 12.2 Å². The maximum absolute atomic E-state index is 12.9. The van der Waals surface area contributed by atoms with Gasteiger partial charge < -0.3 is 47.8 Å². The minimum Gasteiger partial charge on any atom is -0.508 e. The lowest BCUT2D eigenvalue weighted by Crippen LogP contribution is -2.59. The molecule has 5 atom stereocenters. The van der Waals surface area contributed by atoms with Gasteiger partial charge in [-0.25, -0.2) is 4.79 Å². The molecule has 11 N–H and O–H groups in total. The first kappa shape index (κ1) is 32.3. The number of unbranched alkanes of at least 4 members (excludes halogenated alkanes) is 1. The average Bonchev–Trinajstić information content (AvgIpc) is 2.85. The summed E-state index contributed by atoms with van der Waals surface area (Å²) < 4.78 is 0. The number of phenols is 1. The van der Waals surface area contributed by atoms with Gasteiger partial charge in [0.2, 0.25) is 17.7 Å². The highest BCUT2D eigenvalue weighted by Crippen LogP contribution is 2.12. The molecule has 0 aliphatic carbocycles. The third-order valence-corrected chi connectivity index (χ3v) is 5.64. The number of carboxylic acid groups (broad SMARTS) is 2. The van der Waals surface area contributed by atoms with Crippen LogP contribution in [0.5, 0.6) is 5.75 Å². The van der Waals surface area contributed by atoms with Gasteiger partial charge in [-0.1, -0.05) is 18.6 Å². The summed E-state index contributed by atoms with van der Waals surface area (Å²) in [4.78, 5) is 61.1. The van der Waals surface area contributed by atoms with Crippen molar-refractivity contribution in [2.24, 2.45) is 11.5 Å². The van der Waals surface area contributed by atoms with Crippen molar-refractivity contribution >= 4 is 29.7 Å². The van der Waals surface area contributed by atoms with Gasteiger partial charge in [0.25, 0.3) is 0 Å². The second kappa shape index (κ2) is 16.2. The molecule has 1 aromatic rings. The number of nitrogens with two attached hydrogens (primary N) is 2. The Hall–Kier alpha value is -3.75. The minimum atomic E-state index is -1.52. The van der Waals surface area contributed by atoms with E-state index in [0.717, 1.165) is 0 Å². The van der Waals surface area contributed by atoms with Crippen LogP contribution in [0.4, 0.5) is 0 Å². The second-order valence-corrected chi connectivity index (χ2v) is 8.88. The summed E-state index contributed by atoms with van der Waals surface area (Å²) in [6.45, 7) is 1.65. The van der Waals surface area contributed by atoms with Crippen LogP contribution in [0.15, 0.2) is 24.3 Å². The molecule has 1 aromatic carbocycles. The molecule has 0 radical (unpaired) electrons. The topological polar surface area (TPSA) is 254 Å². The molecular formula is C24H37N5O9. The summed E-state index contributed by atoms with van der Waals surface area (Å²) in [7, 11) is 0. The van der Waals surface area contributed by atoms with Gasteiger partial charge in [0.1, 0.15) is 23.9 Å². The number of aromatic hydroxyl groups is 1. The first-order chi connectivity index (χ1) is 17.8. The Balaban J connectivity index is 2.98. The number of carbonyl (C=O) groups is 5. The fourth-order valence-electron chi connectivity index (χ4n) is 3.44. The van der Waals surface area contributed by atoms with Gasteiger partial charge in [0.05, 0.1) is 12.1 Å². The van der Waals surface area contributed by atoms with E-state index in [1.807, 2.05) is 0 Å². The Morgan fingerprint density at radius 1 is 0.868 bits per heavy atom. The largest absolute Gasteiger partial charge is 0.508 e. The molecule has 3 amide bonds. The van der Waals surface area contributed by atoms with Crippen LogP contribution in [0.25, 0.3) is 0 Å². The number of amides is 3. The number of carboxylic acids is 2. The normalized spacial score (nSPS) is 14.8. The Morgan fingerprint density at radius 2 is 1.47 bits per heavy atom. The van der Waals surface area contributed by atoms with Gasteiger partial charge in [-0.05, 0) is 50.4 Å². The number of rotatable bonds is 17. The fourth-order valence-corrected chi connectivity index (χ4v) is 3.44. The van der Waals surface area contributed by atoms with Crippen molar-refractivity contribution in [3.05, 3.63) is 29.8 Å². The van der Waals surface area contributed by atoms with Gasteiger partial charge in [-0.3, -0.25) is 19.2 Å². The van der Waals surface area contributed by atoms with Crippen LogP contribution < -0.4 is 27.4 Å². The number of carbonyl (C=O) groups excluding carboxylic acids is 3. The van der Waals surface area contributed by atoms with Crippen LogP contribution in [0.3, 0.4) is 0 Å². The van der Waals surface area contributed by atoms with Gasteiger partial charge in [-0.2, -0.15) is 0 Å². The maximum atomic E-state index is 12.9. The van der Waals surface area contributed by atoms with Crippen molar-refractivity contribution in [2.75, 3.05) is 6.54 Å². The number of nitrogens with one attached hydrogen (secondary N) is 3. The van der Waals surface area contributed by atoms with Crippen LogP contribution >= 0.6 is 0 Å². The number of phenolic OH excluding ortho intramolecular Hbond substituents is 1. The number of benzene rings is 1. The lowest BCUT2D eigenvalue weighted by atomic mass is 10.0. The highest BCUT2D eigenvalue weighted by molar-refractivity contribution is 5.94. The van der Waals surface area contributed by atoms with Crippen LogP contribution in [0, 0.1) is 0 Å². The number of aliphatic hydroxyl groups excluding tert-OH is 1. The number of hydrogen-bond donors (Lipinski definition) is 9. The molecule has 0 spiro atoms. The number of aliphatic carboxylic acids is 2. The Morgan fingerprint density at radius 3 is 2.00 bits per heavy atom. The van der Waals surface area contributed by atoms with Crippen molar-refractivity contribution in [1.29, 1.82) is 0 Å². The third kappa shape index (κ3) is 11.5. The molecule has 0 saturated carbocycles. The Kier molecular flexibility index (Phi) is 13.7. The van der Waals surface area contributed by atoms with Crippen LogP contribution in [-0.4, -0.2) is 86.9 Å². The zero-order valence-electron chi connectivity index (χ0n) is 21.1. The van der Waals surface area contributed by atoms with Gasteiger partial charge in [0.15, 0.2) is 0 Å². The van der Waals surface area contributed by atoms with Crippen molar-refractivity contribution in [1.82, 2.24) is 16.0 Å². The van der Waals surface area contributed by atoms with Crippen LogP contribution in [-0.2, 0) is 30.4 Å². The lowest BCUT2D eigenvalue weighted by molar-refractivity contribution is -0.143. The molecular weight excluding hydrogens is 502 g/mol. The fraction of sp³-hybridized carbons (Fsp3) is 0.542. The first-order valence-electron chi connectivity index (χ1n) is 12.1. The molecule has 0 aliphatic rings. The van der Waals surface area contributed by atoms with E-state index in [0.29, 0.717) is 31.4 Å². The predicted molar refractivity (Wildman–Crippen MR) is 135 cm³/mol. The van der Waals surface area contributed by atoms with Gasteiger partial charge in [0, 0.05) is 12.8 Å². The van der Waals surface area contributed by atoms with Crippen LogP contribution in [0.2, 0.25) is 0 Å². The van der Waals surface area contributed by atoms with E-state index < -0.39 is 72.8 Å². The van der Waals surface area contributed by atoms with Crippen molar-refractivity contribution in [2.45, 2.75) is 75.7 Å². The van der Waals surface area contributed by atoms with E-state index >= 15 is 0 Å².